The van der Waals surface area contributed by atoms with Crippen molar-refractivity contribution in [3.63, 3.8) is 0 Å². The van der Waals surface area contributed by atoms with Crippen LogP contribution in [0.3, 0.4) is 0 Å². The normalized spacial score (nSPS) is 10.7. The molecule has 3 aromatic rings. The third-order valence-corrected chi connectivity index (χ3v) is 3.37. The van der Waals surface area contributed by atoms with Gasteiger partial charge in [-0.2, -0.15) is 0 Å². The van der Waals surface area contributed by atoms with Gasteiger partial charge in [0.2, 0.25) is 0 Å². The fourth-order valence-corrected chi connectivity index (χ4v) is 2.25. The Bertz CT molecular complexity index is 777. The highest BCUT2D eigenvalue weighted by molar-refractivity contribution is 6.58. The van der Waals surface area contributed by atoms with Crippen molar-refractivity contribution in [2.75, 3.05) is 0 Å². The first-order valence-electron chi connectivity index (χ1n) is 6.73. The molecular formula is C15H13BFN3O2. The Morgan fingerprint density at radius 3 is 2.55 bits per heavy atom. The summed E-state index contributed by atoms with van der Waals surface area (Å²) in [5, 5.41) is 26.0. The zero-order chi connectivity index (χ0) is 15.5. The van der Waals surface area contributed by atoms with Gasteiger partial charge in [-0.15, -0.1) is 5.10 Å². The molecule has 0 saturated carbocycles. The van der Waals surface area contributed by atoms with E-state index in [9.17, 15) is 4.39 Å². The largest absolute Gasteiger partial charge is 0.491 e. The first-order chi connectivity index (χ1) is 10.6. The van der Waals surface area contributed by atoms with Crippen LogP contribution in [0.1, 0.15) is 5.56 Å². The van der Waals surface area contributed by atoms with E-state index in [1.165, 1.54) is 12.1 Å². The molecule has 0 amide bonds. The van der Waals surface area contributed by atoms with Crippen LogP contribution < -0.4 is 5.46 Å². The third kappa shape index (κ3) is 2.90. The lowest BCUT2D eigenvalue weighted by Crippen LogP contribution is -2.32. The maximum atomic E-state index is 13.9. The van der Waals surface area contributed by atoms with E-state index in [0.717, 1.165) is 5.56 Å². The molecule has 0 radical (unpaired) electrons. The van der Waals surface area contributed by atoms with Crippen LogP contribution in [0.5, 0.6) is 0 Å². The van der Waals surface area contributed by atoms with Crippen molar-refractivity contribution in [2.24, 2.45) is 0 Å². The molecule has 22 heavy (non-hydrogen) atoms. The summed E-state index contributed by atoms with van der Waals surface area (Å²) in [5.74, 6) is -0.681. The average molecular weight is 297 g/mol. The Morgan fingerprint density at radius 2 is 1.86 bits per heavy atom. The molecule has 0 aliphatic carbocycles. The van der Waals surface area contributed by atoms with Crippen molar-refractivity contribution in [3.8, 4) is 11.3 Å². The van der Waals surface area contributed by atoms with Crippen molar-refractivity contribution in [2.45, 2.75) is 6.54 Å². The van der Waals surface area contributed by atoms with Gasteiger partial charge >= 0.3 is 7.12 Å². The summed E-state index contributed by atoms with van der Waals surface area (Å²) in [6.45, 7) is 0.516. The minimum absolute atomic E-state index is 0.161. The lowest BCUT2D eigenvalue weighted by molar-refractivity contribution is 0.423. The van der Waals surface area contributed by atoms with Gasteiger partial charge in [-0.05, 0) is 11.6 Å². The first kappa shape index (κ1) is 14.4. The predicted octanol–water partition coefficient (Wildman–Crippen LogP) is 0.812. The van der Waals surface area contributed by atoms with Gasteiger partial charge in [-0.3, -0.25) is 0 Å². The van der Waals surface area contributed by atoms with Crippen molar-refractivity contribution < 1.29 is 14.4 Å². The van der Waals surface area contributed by atoms with Gasteiger partial charge in [0.15, 0.2) is 0 Å². The number of hydrogen-bond donors (Lipinski definition) is 2. The highest BCUT2D eigenvalue weighted by Crippen LogP contribution is 2.19. The lowest BCUT2D eigenvalue weighted by atomic mass is 9.79. The van der Waals surface area contributed by atoms with E-state index in [-0.39, 0.29) is 5.46 Å². The fourth-order valence-electron chi connectivity index (χ4n) is 2.25. The summed E-state index contributed by atoms with van der Waals surface area (Å²) in [5.41, 5.74) is 2.12. The Balaban J connectivity index is 1.93. The molecule has 3 rings (SSSR count). The van der Waals surface area contributed by atoms with Crippen LogP contribution in [0.25, 0.3) is 11.3 Å². The summed E-state index contributed by atoms with van der Waals surface area (Å²) in [7, 11) is -1.83. The minimum atomic E-state index is -1.83. The van der Waals surface area contributed by atoms with E-state index in [4.69, 9.17) is 10.0 Å². The summed E-state index contributed by atoms with van der Waals surface area (Å²) in [6.07, 6.45) is 1.55. The molecular weight excluding hydrogens is 284 g/mol. The molecule has 2 aromatic carbocycles. The van der Waals surface area contributed by atoms with Gasteiger partial charge < -0.3 is 10.0 Å². The number of benzene rings is 2. The zero-order valence-electron chi connectivity index (χ0n) is 11.6. The monoisotopic (exact) mass is 297 g/mol. The average Bonchev–Trinajstić information content (AvgIpc) is 2.96. The second-order valence-corrected chi connectivity index (χ2v) is 4.87. The second kappa shape index (κ2) is 6.09. The molecule has 0 unspecified atom stereocenters. The molecule has 0 aliphatic rings. The standard InChI is InChI=1S/C15H13BFN3O2/c17-14-8-12(6-7-13(14)16(21)22)15-9-18-19-20(15)10-11-4-2-1-3-5-11/h1-9,21-22H,10H2. The maximum Gasteiger partial charge on any atom is 0.491 e. The van der Waals surface area contributed by atoms with Gasteiger partial charge in [0.1, 0.15) is 5.82 Å². The van der Waals surface area contributed by atoms with Crippen molar-refractivity contribution in [1.29, 1.82) is 0 Å². The Morgan fingerprint density at radius 1 is 1.09 bits per heavy atom. The lowest BCUT2D eigenvalue weighted by Gasteiger charge is -2.08. The van der Waals surface area contributed by atoms with Gasteiger partial charge in [0, 0.05) is 11.0 Å². The van der Waals surface area contributed by atoms with E-state index < -0.39 is 12.9 Å². The van der Waals surface area contributed by atoms with Crippen LogP contribution in [0.15, 0.2) is 54.7 Å². The van der Waals surface area contributed by atoms with Crippen LogP contribution in [0.4, 0.5) is 4.39 Å². The van der Waals surface area contributed by atoms with Crippen molar-refractivity contribution in [1.82, 2.24) is 15.0 Å². The Hall–Kier alpha value is -2.51. The molecule has 7 heteroatoms. The van der Waals surface area contributed by atoms with Crippen molar-refractivity contribution >= 4 is 12.6 Å². The van der Waals surface area contributed by atoms with Crippen LogP contribution in [-0.2, 0) is 6.54 Å². The second-order valence-electron chi connectivity index (χ2n) is 4.87. The number of hydrogen-bond acceptors (Lipinski definition) is 4. The molecule has 0 fully saturated rings. The van der Waals surface area contributed by atoms with Crippen LogP contribution in [0.2, 0.25) is 0 Å². The summed E-state index contributed by atoms with van der Waals surface area (Å²) < 4.78 is 15.5. The number of halogens is 1. The number of rotatable bonds is 4. The molecule has 2 N–H and O–H groups in total. The number of aromatic nitrogens is 3. The van der Waals surface area contributed by atoms with Gasteiger partial charge in [0.05, 0.1) is 18.4 Å². The van der Waals surface area contributed by atoms with Gasteiger partial charge in [0.25, 0.3) is 0 Å². The molecule has 0 aliphatic heterocycles. The third-order valence-electron chi connectivity index (χ3n) is 3.37. The zero-order valence-corrected chi connectivity index (χ0v) is 11.6. The summed E-state index contributed by atoms with van der Waals surface area (Å²) >= 11 is 0. The smallest absolute Gasteiger partial charge is 0.423 e. The van der Waals surface area contributed by atoms with E-state index in [2.05, 4.69) is 10.3 Å². The molecule has 0 atom stereocenters. The molecule has 0 saturated heterocycles. The highest BCUT2D eigenvalue weighted by atomic mass is 19.1. The van der Waals surface area contributed by atoms with E-state index >= 15 is 0 Å². The van der Waals surface area contributed by atoms with Crippen LogP contribution in [-0.4, -0.2) is 32.2 Å². The maximum absolute atomic E-state index is 13.9. The SMILES string of the molecule is OB(O)c1ccc(-c2cnnn2Cc2ccccc2)cc1F. The highest BCUT2D eigenvalue weighted by Gasteiger charge is 2.18. The number of nitrogens with zero attached hydrogens (tertiary/aromatic N) is 3. The molecule has 1 aromatic heterocycles. The fraction of sp³-hybridized carbons (Fsp3) is 0.0667. The van der Waals surface area contributed by atoms with Crippen LogP contribution >= 0.6 is 0 Å². The van der Waals surface area contributed by atoms with Crippen molar-refractivity contribution in [3.05, 3.63) is 66.1 Å². The minimum Gasteiger partial charge on any atom is -0.423 e. The van der Waals surface area contributed by atoms with Gasteiger partial charge in [-0.1, -0.05) is 47.7 Å². The Labute approximate surface area is 126 Å². The molecule has 0 spiro atoms. The predicted molar refractivity (Wildman–Crippen MR) is 80.8 cm³/mol. The topological polar surface area (TPSA) is 71.2 Å². The van der Waals surface area contributed by atoms with E-state index in [0.29, 0.717) is 17.8 Å². The first-order valence-corrected chi connectivity index (χ1v) is 6.73. The molecule has 1 heterocycles. The van der Waals surface area contributed by atoms with E-state index in [1.54, 1.807) is 16.9 Å². The molecule has 0 bridgehead atoms. The Kier molecular flexibility index (Phi) is 3.99. The summed E-state index contributed by atoms with van der Waals surface area (Å²) in [4.78, 5) is 0. The van der Waals surface area contributed by atoms with Gasteiger partial charge in [-0.25, -0.2) is 9.07 Å². The molecule has 110 valence electrons. The quantitative estimate of drug-likeness (QED) is 0.699. The summed E-state index contributed by atoms with van der Waals surface area (Å²) in [6, 6.07) is 13.9. The van der Waals surface area contributed by atoms with E-state index in [1.807, 2.05) is 30.3 Å². The van der Waals surface area contributed by atoms with Crippen LogP contribution in [0, 0.1) is 5.82 Å². The molecule has 5 nitrogen and oxygen atoms in total.